The number of nitrogens with one attached hydrogen (secondary N) is 1. The first-order chi connectivity index (χ1) is 11.3. The highest BCUT2D eigenvalue weighted by Gasteiger charge is 2.17. The van der Waals surface area contributed by atoms with Crippen LogP contribution in [0.3, 0.4) is 0 Å². The number of nitriles is 1. The highest BCUT2D eigenvalue weighted by atomic mass is 16.1. The molecule has 0 aliphatic rings. The summed E-state index contributed by atoms with van der Waals surface area (Å²) in [5.41, 5.74) is 2.41. The van der Waals surface area contributed by atoms with E-state index in [9.17, 15) is 10.1 Å². The van der Waals surface area contributed by atoms with Crippen molar-refractivity contribution in [3.8, 4) is 11.8 Å². The fraction of sp³-hybridized carbons (Fsp3) is 0.0556. The average Bonchev–Trinajstić information content (AvgIpc) is 3.05. The minimum Gasteiger partial charge on any atom is -0.347 e. The highest BCUT2D eigenvalue weighted by molar-refractivity contribution is 5.95. The zero-order valence-corrected chi connectivity index (χ0v) is 12.3. The molecule has 3 rings (SSSR count). The van der Waals surface area contributed by atoms with Crippen molar-refractivity contribution in [1.82, 2.24) is 14.9 Å². The van der Waals surface area contributed by atoms with E-state index in [0.29, 0.717) is 17.8 Å². The third kappa shape index (κ3) is 3.11. The van der Waals surface area contributed by atoms with Crippen molar-refractivity contribution in [2.24, 2.45) is 0 Å². The fourth-order valence-corrected chi connectivity index (χ4v) is 2.33. The van der Waals surface area contributed by atoms with Crippen LogP contribution in [-0.4, -0.2) is 15.5 Å². The van der Waals surface area contributed by atoms with E-state index in [1.807, 2.05) is 42.5 Å². The topological polar surface area (TPSA) is 70.7 Å². The summed E-state index contributed by atoms with van der Waals surface area (Å²) in [6, 6.07) is 16.9. The zero-order valence-electron chi connectivity index (χ0n) is 12.3. The number of benzene rings is 1. The summed E-state index contributed by atoms with van der Waals surface area (Å²) >= 11 is 0. The van der Waals surface area contributed by atoms with Crippen molar-refractivity contribution in [2.75, 3.05) is 0 Å². The van der Waals surface area contributed by atoms with E-state index in [1.165, 1.54) is 0 Å². The van der Waals surface area contributed by atoms with E-state index in [1.54, 1.807) is 29.2 Å². The minimum absolute atomic E-state index is 0.292. The molecule has 0 saturated heterocycles. The SMILES string of the molecule is N#Cc1ccn(-c2ccccc2)c1C(=O)NCc1cccnc1. The van der Waals surface area contributed by atoms with E-state index < -0.39 is 0 Å². The average molecular weight is 302 g/mol. The second-order valence-corrected chi connectivity index (χ2v) is 4.94. The number of amides is 1. The van der Waals surface area contributed by atoms with Gasteiger partial charge >= 0.3 is 0 Å². The van der Waals surface area contributed by atoms with Gasteiger partial charge in [-0.25, -0.2) is 0 Å². The predicted octanol–water partition coefficient (Wildman–Crippen LogP) is 2.67. The Balaban J connectivity index is 1.88. The van der Waals surface area contributed by atoms with Gasteiger partial charge in [0.15, 0.2) is 0 Å². The van der Waals surface area contributed by atoms with Gasteiger partial charge in [-0.2, -0.15) is 5.26 Å². The predicted molar refractivity (Wildman–Crippen MR) is 85.9 cm³/mol. The van der Waals surface area contributed by atoms with Gasteiger partial charge in [0.1, 0.15) is 11.8 Å². The molecule has 1 N–H and O–H groups in total. The number of carbonyl (C=O) groups is 1. The molecule has 0 aliphatic heterocycles. The number of hydrogen-bond acceptors (Lipinski definition) is 3. The van der Waals surface area contributed by atoms with Crippen LogP contribution in [-0.2, 0) is 6.54 Å². The maximum atomic E-state index is 12.5. The van der Waals surface area contributed by atoms with Crippen LogP contribution in [0.5, 0.6) is 0 Å². The molecule has 2 heterocycles. The van der Waals surface area contributed by atoms with Crippen molar-refractivity contribution in [3.63, 3.8) is 0 Å². The van der Waals surface area contributed by atoms with Crippen molar-refractivity contribution < 1.29 is 4.79 Å². The number of nitrogens with zero attached hydrogens (tertiary/aromatic N) is 3. The van der Waals surface area contributed by atoms with Crippen LogP contribution in [0, 0.1) is 11.3 Å². The Morgan fingerprint density at radius 1 is 1.17 bits per heavy atom. The van der Waals surface area contributed by atoms with E-state index in [4.69, 9.17) is 0 Å². The molecule has 1 amide bonds. The summed E-state index contributed by atoms with van der Waals surface area (Å²) in [7, 11) is 0. The number of hydrogen-bond donors (Lipinski definition) is 1. The van der Waals surface area contributed by atoms with Crippen molar-refractivity contribution in [1.29, 1.82) is 5.26 Å². The summed E-state index contributed by atoms with van der Waals surface area (Å²) < 4.78 is 1.72. The largest absolute Gasteiger partial charge is 0.347 e. The summed E-state index contributed by atoms with van der Waals surface area (Å²) in [5.74, 6) is -0.292. The van der Waals surface area contributed by atoms with Crippen LogP contribution in [0.4, 0.5) is 0 Å². The van der Waals surface area contributed by atoms with Gasteiger partial charge in [-0.1, -0.05) is 24.3 Å². The molecule has 0 spiro atoms. The third-order valence-corrected chi connectivity index (χ3v) is 3.43. The second-order valence-electron chi connectivity index (χ2n) is 4.94. The second kappa shape index (κ2) is 6.58. The molecule has 0 radical (unpaired) electrons. The van der Waals surface area contributed by atoms with Gasteiger partial charge in [0.25, 0.3) is 5.91 Å². The molecular weight excluding hydrogens is 288 g/mol. The Morgan fingerprint density at radius 2 is 2.00 bits per heavy atom. The fourth-order valence-electron chi connectivity index (χ4n) is 2.33. The van der Waals surface area contributed by atoms with Crippen molar-refractivity contribution in [2.45, 2.75) is 6.54 Å². The summed E-state index contributed by atoms with van der Waals surface area (Å²) in [6.07, 6.45) is 5.11. The molecule has 0 bridgehead atoms. The van der Waals surface area contributed by atoms with E-state index in [0.717, 1.165) is 11.3 Å². The first-order valence-corrected chi connectivity index (χ1v) is 7.13. The lowest BCUT2D eigenvalue weighted by atomic mass is 10.2. The molecule has 2 aromatic heterocycles. The maximum absolute atomic E-state index is 12.5. The molecule has 112 valence electrons. The lowest BCUT2D eigenvalue weighted by molar-refractivity contribution is 0.0944. The van der Waals surface area contributed by atoms with Gasteiger partial charge in [0.2, 0.25) is 0 Å². The molecular formula is C18H14N4O. The quantitative estimate of drug-likeness (QED) is 0.805. The Kier molecular flexibility index (Phi) is 4.16. The van der Waals surface area contributed by atoms with Crippen LogP contribution in [0.15, 0.2) is 67.1 Å². The molecule has 5 nitrogen and oxygen atoms in total. The number of aromatic nitrogens is 2. The van der Waals surface area contributed by atoms with Crippen LogP contribution in [0.25, 0.3) is 5.69 Å². The highest BCUT2D eigenvalue weighted by Crippen LogP contribution is 2.17. The molecule has 1 aromatic carbocycles. The van der Waals surface area contributed by atoms with Gasteiger partial charge in [0, 0.05) is 30.8 Å². The third-order valence-electron chi connectivity index (χ3n) is 3.43. The van der Waals surface area contributed by atoms with Gasteiger partial charge in [0.05, 0.1) is 5.56 Å². The van der Waals surface area contributed by atoms with Gasteiger partial charge in [-0.15, -0.1) is 0 Å². The minimum atomic E-state index is -0.292. The van der Waals surface area contributed by atoms with E-state index in [2.05, 4.69) is 16.4 Å². The number of carbonyl (C=O) groups excluding carboxylic acids is 1. The van der Waals surface area contributed by atoms with Crippen LogP contribution >= 0.6 is 0 Å². The summed E-state index contributed by atoms with van der Waals surface area (Å²) in [5, 5.41) is 12.1. The molecule has 0 saturated carbocycles. The normalized spacial score (nSPS) is 10.0. The van der Waals surface area contributed by atoms with Crippen molar-refractivity contribution in [3.05, 3.63) is 83.9 Å². The molecule has 0 atom stereocenters. The molecule has 0 unspecified atom stereocenters. The molecule has 0 fully saturated rings. The first-order valence-electron chi connectivity index (χ1n) is 7.13. The Morgan fingerprint density at radius 3 is 2.70 bits per heavy atom. The Hall–Kier alpha value is -3.39. The van der Waals surface area contributed by atoms with Crippen molar-refractivity contribution >= 4 is 5.91 Å². The van der Waals surface area contributed by atoms with E-state index in [-0.39, 0.29) is 5.91 Å². The van der Waals surface area contributed by atoms with Crippen LogP contribution in [0.2, 0.25) is 0 Å². The first kappa shape index (κ1) is 14.5. The van der Waals surface area contributed by atoms with Gasteiger partial charge < -0.3 is 9.88 Å². The van der Waals surface area contributed by atoms with Gasteiger partial charge in [-0.3, -0.25) is 9.78 Å². The lowest BCUT2D eigenvalue weighted by Crippen LogP contribution is -2.26. The summed E-state index contributed by atoms with van der Waals surface area (Å²) in [6.45, 7) is 0.359. The number of pyridine rings is 1. The maximum Gasteiger partial charge on any atom is 0.269 e. The number of para-hydroxylation sites is 1. The standard InChI is InChI=1S/C18H14N4O/c19-11-15-8-10-22(16-6-2-1-3-7-16)17(15)18(23)21-13-14-5-4-9-20-12-14/h1-10,12H,13H2,(H,21,23). The number of rotatable bonds is 4. The molecule has 23 heavy (non-hydrogen) atoms. The molecule has 5 heteroatoms. The Labute approximate surface area is 133 Å². The van der Waals surface area contributed by atoms with Crippen LogP contribution in [0.1, 0.15) is 21.6 Å². The van der Waals surface area contributed by atoms with Gasteiger partial charge in [-0.05, 0) is 29.8 Å². The smallest absolute Gasteiger partial charge is 0.269 e. The van der Waals surface area contributed by atoms with E-state index >= 15 is 0 Å². The Bertz CT molecular complexity index is 848. The molecule has 3 aromatic rings. The molecule has 0 aliphatic carbocycles. The summed E-state index contributed by atoms with van der Waals surface area (Å²) in [4.78, 5) is 16.6. The zero-order chi connectivity index (χ0) is 16.1. The lowest BCUT2D eigenvalue weighted by Gasteiger charge is -2.10. The monoisotopic (exact) mass is 302 g/mol. The van der Waals surface area contributed by atoms with Crippen LogP contribution < -0.4 is 5.32 Å².